The molecule has 1 atom stereocenters. The highest BCUT2D eigenvalue weighted by Gasteiger charge is 2.32. The summed E-state index contributed by atoms with van der Waals surface area (Å²) in [5, 5.41) is 11.0. The predicted octanol–water partition coefficient (Wildman–Crippen LogP) is 1.98. The number of hydrogen-bond donors (Lipinski definition) is 1. The summed E-state index contributed by atoms with van der Waals surface area (Å²) in [5.74, 6) is 0.0639. The van der Waals surface area contributed by atoms with Gasteiger partial charge < -0.3 is 10.6 Å². The highest BCUT2D eigenvalue weighted by Crippen LogP contribution is 2.36. The van der Waals surface area contributed by atoms with Crippen LogP contribution in [0, 0.1) is 23.0 Å². The summed E-state index contributed by atoms with van der Waals surface area (Å²) >= 11 is 3.36. The minimum atomic E-state index is -0.438. The number of aryl methyl sites for hydroxylation is 1. The van der Waals surface area contributed by atoms with Crippen LogP contribution in [0.3, 0.4) is 0 Å². The molecule has 2 N–H and O–H groups in total. The van der Waals surface area contributed by atoms with Crippen LogP contribution < -0.4 is 10.6 Å². The molecule has 0 bridgehead atoms. The van der Waals surface area contributed by atoms with E-state index >= 15 is 0 Å². The van der Waals surface area contributed by atoms with Crippen LogP contribution in [0.25, 0.3) is 0 Å². The highest BCUT2D eigenvalue weighted by molar-refractivity contribution is 9.10. The van der Waals surface area contributed by atoms with Crippen LogP contribution in [0.2, 0.25) is 0 Å². The highest BCUT2D eigenvalue weighted by atomic mass is 79.9. The van der Waals surface area contributed by atoms with Crippen molar-refractivity contribution in [1.82, 2.24) is 0 Å². The number of carbonyl (C=O) groups excluding carboxylic acids is 1. The molecule has 0 aliphatic carbocycles. The smallest absolute Gasteiger partial charge is 0.274 e. The number of carbonyl (C=O) groups is 1. The van der Waals surface area contributed by atoms with E-state index in [4.69, 9.17) is 5.73 Å². The number of rotatable bonds is 3. The molecule has 6 nitrogen and oxygen atoms in total. The van der Waals surface area contributed by atoms with E-state index in [0.29, 0.717) is 35.2 Å². The largest absolute Gasteiger partial charge is 0.330 e. The van der Waals surface area contributed by atoms with Gasteiger partial charge in [-0.25, -0.2) is 0 Å². The molecule has 1 aromatic carbocycles. The van der Waals surface area contributed by atoms with Crippen molar-refractivity contribution in [3.05, 3.63) is 32.3 Å². The maximum absolute atomic E-state index is 11.9. The zero-order valence-electron chi connectivity index (χ0n) is 10.4. The van der Waals surface area contributed by atoms with Crippen molar-refractivity contribution < 1.29 is 9.72 Å². The molecule has 1 heterocycles. The molecule has 1 aliphatic heterocycles. The quantitative estimate of drug-likeness (QED) is 0.679. The summed E-state index contributed by atoms with van der Waals surface area (Å²) in [5.41, 5.74) is 6.69. The normalized spacial score (nSPS) is 19.0. The number of nitrogens with zero attached hydrogens (tertiary/aromatic N) is 2. The Kier molecular flexibility index (Phi) is 3.86. The molecule has 0 spiro atoms. The Bertz CT molecular complexity index is 547. The first-order chi connectivity index (χ1) is 8.93. The van der Waals surface area contributed by atoms with Crippen molar-refractivity contribution in [2.24, 2.45) is 11.7 Å². The summed E-state index contributed by atoms with van der Waals surface area (Å²) in [4.78, 5) is 24.0. The van der Waals surface area contributed by atoms with Gasteiger partial charge in [-0.15, -0.1) is 0 Å². The molecule has 2 rings (SSSR count). The van der Waals surface area contributed by atoms with Crippen LogP contribution in [0.4, 0.5) is 11.4 Å². The molecule has 1 aromatic rings. The predicted molar refractivity (Wildman–Crippen MR) is 75.0 cm³/mol. The van der Waals surface area contributed by atoms with Crippen LogP contribution in [-0.2, 0) is 4.79 Å². The van der Waals surface area contributed by atoms with Gasteiger partial charge in [0, 0.05) is 29.1 Å². The second-order valence-corrected chi connectivity index (χ2v) is 5.51. The third kappa shape index (κ3) is 2.62. The van der Waals surface area contributed by atoms with Gasteiger partial charge in [0.05, 0.1) is 10.6 Å². The molecule has 1 aliphatic rings. The van der Waals surface area contributed by atoms with Crippen LogP contribution in [0.15, 0.2) is 16.6 Å². The zero-order chi connectivity index (χ0) is 14.2. The summed E-state index contributed by atoms with van der Waals surface area (Å²) < 4.78 is 0.682. The number of hydrogen-bond acceptors (Lipinski definition) is 4. The average molecular weight is 328 g/mol. The van der Waals surface area contributed by atoms with E-state index in [1.165, 1.54) is 6.07 Å². The van der Waals surface area contributed by atoms with Gasteiger partial charge in [-0.3, -0.25) is 14.9 Å². The van der Waals surface area contributed by atoms with Crippen LogP contribution in [0.1, 0.15) is 12.0 Å². The van der Waals surface area contributed by atoms with E-state index in [1.54, 1.807) is 17.9 Å². The lowest BCUT2D eigenvalue weighted by atomic mass is 10.1. The molecule has 102 valence electrons. The molecule has 1 saturated heterocycles. The number of anilines is 1. The molecule has 0 radical (unpaired) electrons. The van der Waals surface area contributed by atoms with Crippen LogP contribution >= 0.6 is 15.9 Å². The average Bonchev–Trinajstić information content (AvgIpc) is 2.70. The molecular weight excluding hydrogens is 314 g/mol. The lowest BCUT2D eigenvalue weighted by Crippen LogP contribution is -2.26. The van der Waals surface area contributed by atoms with Gasteiger partial charge in [-0.05, 0) is 41.4 Å². The third-order valence-corrected chi connectivity index (χ3v) is 3.93. The fraction of sp³-hybridized carbons (Fsp3) is 0.417. The number of benzene rings is 1. The standard InChI is InChI=1S/C12H14BrN3O3/c1-7-2-9(13)11(4-10(7)16(18)19)15-6-8(5-14)3-12(15)17/h2,4,8H,3,5-6,14H2,1H3. The van der Waals surface area contributed by atoms with Crippen molar-refractivity contribution in [3.63, 3.8) is 0 Å². The van der Waals surface area contributed by atoms with Gasteiger partial charge in [0.25, 0.3) is 5.69 Å². The number of nitro groups is 1. The molecule has 1 fully saturated rings. The number of nitrogens with two attached hydrogens (primary N) is 1. The minimum absolute atomic E-state index is 0.0159. The van der Waals surface area contributed by atoms with E-state index in [-0.39, 0.29) is 17.5 Å². The maximum atomic E-state index is 11.9. The summed E-state index contributed by atoms with van der Waals surface area (Å²) in [7, 11) is 0. The summed E-state index contributed by atoms with van der Waals surface area (Å²) in [6.07, 6.45) is 0.393. The van der Waals surface area contributed by atoms with Crippen molar-refractivity contribution in [1.29, 1.82) is 0 Å². The first-order valence-corrected chi connectivity index (χ1v) is 6.68. The second kappa shape index (κ2) is 5.26. The molecule has 0 aromatic heterocycles. The molecule has 19 heavy (non-hydrogen) atoms. The molecule has 1 unspecified atom stereocenters. The van der Waals surface area contributed by atoms with Crippen molar-refractivity contribution in [2.45, 2.75) is 13.3 Å². The minimum Gasteiger partial charge on any atom is -0.330 e. The lowest BCUT2D eigenvalue weighted by Gasteiger charge is -2.18. The molecular formula is C12H14BrN3O3. The van der Waals surface area contributed by atoms with E-state index in [9.17, 15) is 14.9 Å². The molecule has 0 saturated carbocycles. The Labute approximate surface area is 118 Å². The van der Waals surface area contributed by atoms with Crippen LogP contribution in [-0.4, -0.2) is 23.9 Å². The lowest BCUT2D eigenvalue weighted by molar-refractivity contribution is -0.385. The Morgan fingerprint density at radius 2 is 2.26 bits per heavy atom. The van der Waals surface area contributed by atoms with Gasteiger partial charge in [-0.2, -0.15) is 0 Å². The van der Waals surface area contributed by atoms with E-state index in [1.807, 2.05) is 0 Å². The SMILES string of the molecule is Cc1cc(Br)c(N2CC(CN)CC2=O)cc1[N+](=O)[O-]. The van der Waals surface area contributed by atoms with Crippen molar-refractivity contribution >= 4 is 33.2 Å². The molecule has 7 heteroatoms. The van der Waals surface area contributed by atoms with Gasteiger partial charge in [0.15, 0.2) is 0 Å². The maximum Gasteiger partial charge on any atom is 0.274 e. The second-order valence-electron chi connectivity index (χ2n) is 4.66. The fourth-order valence-electron chi connectivity index (χ4n) is 2.23. The number of amides is 1. The van der Waals surface area contributed by atoms with Crippen molar-refractivity contribution in [2.75, 3.05) is 18.0 Å². The summed E-state index contributed by atoms with van der Waals surface area (Å²) in [6, 6.07) is 3.10. The Morgan fingerprint density at radius 1 is 1.58 bits per heavy atom. The topological polar surface area (TPSA) is 89.5 Å². The molecule has 1 amide bonds. The van der Waals surface area contributed by atoms with Crippen LogP contribution in [0.5, 0.6) is 0 Å². The number of halogens is 1. The first kappa shape index (κ1) is 14.0. The fourth-order valence-corrected chi connectivity index (χ4v) is 2.90. The first-order valence-electron chi connectivity index (χ1n) is 5.89. The Balaban J connectivity index is 2.42. The van der Waals surface area contributed by atoms with E-state index < -0.39 is 4.92 Å². The van der Waals surface area contributed by atoms with Crippen molar-refractivity contribution in [3.8, 4) is 0 Å². The van der Waals surface area contributed by atoms with Gasteiger partial charge in [0.1, 0.15) is 0 Å². The monoisotopic (exact) mass is 327 g/mol. The Hall–Kier alpha value is -1.47. The third-order valence-electron chi connectivity index (χ3n) is 3.29. The summed E-state index contributed by atoms with van der Waals surface area (Å²) in [6.45, 7) is 2.61. The Morgan fingerprint density at radius 3 is 2.79 bits per heavy atom. The van der Waals surface area contributed by atoms with E-state index in [2.05, 4.69) is 15.9 Å². The van der Waals surface area contributed by atoms with Gasteiger partial charge in [0.2, 0.25) is 5.91 Å². The van der Waals surface area contributed by atoms with Gasteiger partial charge in [-0.1, -0.05) is 0 Å². The zero-order valence-corrected chi connectivity index (χ0v) is 12.0. The van der Waals surface area contributed by atoms with Gasteiger partial charge >= 0.3 is 0 Å². The number of nitro benzene ring substituents is 1. The van der Waals surface area contributed by atoms with E-state index in [0.717, 1.165) is 0 Å².